The number of anilines is 6. The summed E-state index contributed by atoms with van der Waals surface area (Å²) in [5, 5.41) is 8.94. The predicted octanol–water partition coefficient (Wildman–Crippen LogP) is 5.51. The molecule has 6 fully saturated rings. The third-order valence-corrected chi connectivity index (χ3v) is 15.9. The number of amides is 4. The monoisotopic (exact) mass is 909 g/mol. The van der Waals surface area contributed by atoms with Crippen molar-refractivity contribution in [1.29, 1.82) is 0 Å². The molecule has 3 aromatic rings. The molecule has 1 unspecified atom stereocenters. The lowest BCUT2D eigenvalue weighted by molar-refractivity contribution is -0.141. The van der Waals surface area contributed by atoms with Crippen molar-refractivity contribution < 1.29 is 32.7 Å². The van der Waals surface area contributed by atoms with Crippen molar-refractivity contribution in [3.8, 4) is 5.75 Å². The molecule has 4 saturated heterocycles. The quantitative estimate of drug-likeness (QED) is 0.218. The highest BCUT2D eigenvalue weighted by molar-refractivity contribution is 6.02. The van der Waals surface area contributed by atoms with Crippen LogP contribution in [0.2, 0.25) is 0 Å². The number of ether oxygens (including phenoxy) is 1. The second kappa shape index (κ2) is 17.5. The number of pyridine rings is 1. The first-order valence-electron chi connectivity index (χ1n) is 23.9. The zero-order chi connectivity index (χ0) is 45.8. The average molecular weight is 910 g/mol. The van der Waals surface area contributed by atoms with Crippen molar-refractivity contribution in [3.05, 3.63) is 48.3 Å². The molecule has 0 radical (unpaired) electrons. The van der Waals surface area contributed by atoms with E-state index in [1.54, 1.807) is 23.1 Å². The molecule has 4 amide bonds. The molecular formula is C48H61F2N11O5. The number of methoxy groups -OCH3 is 1. The first-order valence-corrected chi connectivity index (χ1v) is 23.9. The van der Waals surface area contributed by atoms with Gasteiger partial charge in [-0.15, -0.1) is 0 Å². The minimum absolute atomic E-state index is 0.117. The molecule has 18 heteroatoms. The number of fused-ring (bicyclic) bond motifs is 1. The minimum atomic E-state index is -3.57. The van der Waals surface area contributed by atoms with Gasteiger partial charge in [-0.05, 0) is 119 Å². The van der Waals surface area contributed by atoms with Crippen molar-refractivity contribution in [1.82, 2.24) is 30.5 Å². The van der Waals surface area contributed by atoms with Crippen LogP contribution < -0.4 is 40.3 Å². The summed E-state index contributed by atoms with van der Waals surface area (Å²) in [6.45, 7) is 5.93. The summed E-state index contributed by atoms with van der Waals surface area (Å²) in [4.78, 5) is 74.2. The molecule has 7 aliphatic rings. The van der Waals surface area contributed by atoms with E-state index in [-0.39, 0.29) is 52.7 Å². The maximum absolute atomic E-state index is 15.1. The number of halogens is 2. The lowest BCUT2D eigenvalue weighted by atomic mass is 9.60. The molecule has 5 aliphatic heterocycles. The van der Waals surface area contributed by atoms with Crippen LogP contribution in [-0.4, -0.2) is 128 Å². The van der Waals surface area contributed by atoms with Crippen LogP contribution in [0, 0.1) is 16.7 Å². The van der Waals surface area contributed by atoms with E-state index in [1.165, 1.54) is 20.4 Å². The lowest BCUT2D eigenvalue weighted by Gasteiger charge is -2.52. The molecule has 10 rings (SSSR count). The number of alkyl halides is 2. The molecule has 0 bridgehead atoms. The van der Waals surface area contributed by atoms with Gasteiger partial charge < -0.3 is 39.9 Å². The van der Waals surface area contributed by atoms with Crippen molar-refractivity contribution in [2.75, 3.05) is 91.4 Å². The van der Waals surface area contributed by atoms with Gasteiger partial charge in [0.1, 0.15) is 17.3 Å². The normalized spacial score (nSPS) is 24.9. The number of carbonyl (C=O) groups excluding carboxylic acids is 4. The summed E-state index contributed by atoms with van der Waals surface area (Å²) in [7, 11) is 2.85. The van der Waals surface area contributed by atoms with Gasteiger partial charge in [-0.2, -0.15) is 13.8 Å². The summed E-state index contributed by atoms with van der Waals surface area (Å²) in [5.74, 6) is -2.91. The van der Waals surface area contributed by atoms with Gasteiger partial charge in [-0.3, -0.25) is 24.5 Å². The van der Waals surface area contributed by atoms with Crippen LogP contribution in [0.4, 0.5) is 43.4 Å². The highest BCUT2D eigenvalue weighted by atomic mass is 19.3. The van der Waals surface area contributed by atoms with Gasteiger partial charge in [-0.25, -0.2) is 9.97 Å². The Kier molecular flexibility index (Phi) is 11.7. The molecular weight excluding hydrogens is 849 g/mol. The van der Waals surface area contributed by atoms with Crippen molar-refractivity contribution in [2.45, 2.75) is 101 Å². The number of aromatic nitrogens is 3. The number of likely N-dealkylation sites (tertiary alicyclic amines) is 1. The van der Waals surface area contributed by atoms with E-state index in [1.807, 2.05) is 6.20 Å². The van der Waals surface area contributed by atoms with Gasteiger partial charge in [0, 0.05) is 63.8 Å². The van der Waals surface area contributed by atoms with E-state index in [9.17, 15) is 19.2 Å². The Morgan fingerprint density at radius 3 is 2.38 bits per heavy atom. The Morgan fingerprint density at radius 2 is 1.67 bits per heavy atom. The minimum Gasteiger partial charge on any atom is -0.495 e. The van der Waals surface area contributed by atoms with Crippen LogP contribution in [0.5, 0.6) is 5.75 Å². The molecule has 2 saturated carbocycles. The molecule has 16 nitrogen and oxygen atoms in total. The lowest BCUT2D eigenvalue weighted by Crippen LogP contribution is -2.55. The van der Waals surface area contributed by atoms with Crippen LogP contribution in [-0.2, 0) is 14.4 Å². The van der Waals surface area contributed by atoms with E-state index in [0.717, 1.165) is 126 Å². The second-order valence-corrected chi connectivity index (χ2v) is 20.1. The summed E-state index contributed by atoms with van der Waals surface area (Å²) >= 11 is 0. The fourth-order valence-electron chi connectivity index (χ4n) is 11.9. The fourth-order valence-corrected chi connectivity index (χ4v) is 11.9. The molecule has 2 aliphatic carbocycles. The number of benzene rings is 1. The number of hydrogen-bond donors (Lipinski definition) is 3. The van der Waals surface area contributed by atoms with Gasteiger partial charge in [0.2, 0.25) is 17.8 Å². The summed E-state index contributed by atoms with van der Waals surface area (Å²) in [6.07, 6.45) is 15.0. The van der Waals surface area contributed by atoms with Crippen LogP contribution in [0.15, 0.2) is 42.7 Å². The van der Waals surface area contributed by atoms with E-state index in [0.29, 0.717) is 42.3 Å². The van der Waals surface area contributed by atoms with Crippen LogP contribution in [0.3, 0.4) is 0 Å². The SMILES string of the molecule is COc1cc(C(=O)NC2CC3(CCN(CC4CCN(c5ccc(N6CCC7(CCC(=O)NC7=O)C6)nc5)CC4)CC3)C2)ccc1Nc1ncc2c(n1)N(C1CCCC1)CC(F)(F)C(=O)N2C. The topological polar surface area (TPSA) is 168 Å². The van der Waals surface area contributed by atoms with E-state index >= 15 is 8.78 Å². The van der Waals surface area contributed by atoms with Crippen molar-refractivity contribution in [3.63, 3.8) is 0 Å². The van der Waals surface area contributed by atoms with E-state index in [2.05, 4.69) is 52.8 Å². The third kappa shape index (κ3) is 8.60. The Morgan fingerprint density at radius 1 is 0.894 bits per heavy atom. The zero-order valence-electron chi connectivity index (χ0n) is 38.0. The van der Waals surface area contributed by atoms with Crippen molar-refractivity contribution in [2.24, 2.45) is 16.7 Å². The molecule has 1 aromatic carbocycles. The number of piperidine rings is 3. The van der Waals surface area contributed by atoms with E-state index in [4.69, 9.17) is 9.72 Å². The number of nitrogens with one attached hydrogen (secondary N) is 3. The first-order chi connectivity index (χ1) is 31.8. The standard InChI is InChI=1S/C48H61F2N11O5/c1-57-37-27-52-45(56-41(37)61(34-5-3-4-6-34)30-48(49,50)44(57)65)54-36-9-7-32(23-38(36)66-2)42(63)53-33-24-46(25-33)15-20-58(21-16-46)28-31-12-18-59(19-13-31)35-8-10-39(51-26-35)60-22-17-47(29-60)14-11-40(62)55-43(47)64/h7-10,23,26-27,31,33-34H,3-6,11-22,24-25,28-30H2,1-2H3,(H,53,63)(H,52,54,56)(H,55,62,64). The van der Waals surface area contributed by atoms with Crippen LogP contribution in [0.25, 0.3) is 0 Å². The van der Waals surface area contributed by atoms with Crippen molar-refractivity contribution >= 4 is 58.3 Å². The maximum Gasteiger partial charge on any atom is 0.342 e. The second-order valence-electron chi connectivity index (χ2n) is 20.1. The number of carbonyl (C=O) groups is 4. The molecule has 352 valence electrons. The summed E-state index contributed by atoms with van der Waals surface area (Å²) < 4.78 is 35.8. The third-order valence-electron chi connectivity index (χ3n) is 15.9. The first kappa shape index (κ1) is 44.2. The summed E-state index contributed by atoms with van der Waals surface area (Å²) in [6, 6.07) is 9.32. The average Bonchev–Trinajstić information content (AvgIpc) is 4.01. The molecule has 3 N–H and O–H groups in total. The van der Waals surface area contributed by atoms with Gasteiger partial charge >= 0.3 is 5.92 Å². The summed E-state index contributed by atoms with van der Waals surface area (Å²) in [5.41, 5.74) is 2.14. The van der Waals surface area contributed by atoms with Gasteiger partial charge in [-0.1, -0.05) is 12.8 Å². The largest absolute Gasteiger partial charge is 0.495 e. The molecule has 2 spiro atoms. The van der Waals surface area contributed by atoms with Gasteiger partial charge in [0.25, 0.3) is 11.8 Å². The van der Waals surface area contributed by atoms with E-state index < -0.39 is 23.8 Å². The Balaban J connectivity index is 0.672. The molecule has 2 aromatic heterocycles. The maximum atomic E-state index is 15.1. The molecule has 1 atom stereocenters. The Labute approximate surface area is 384 Å². The van der Waals surface area contributed by atoms with Gasteiger partial charge in [0.15, 0.2) is 5.82 Å². The Hall–Kier alpha value is -5.65. The molecule has 66 heavy (non-hydrogen) atoms. The fraction of sp³-hybridized carbons (Fsp3) is 0.604. The number of hydrogen-bond acceptors (Lipinski definition) is 13. The van der Waals surface area contributed by atoms with Crippen LogP contribution >= 0.6 is 0 Å². The highest BCUT2D eigenvalue weighted by Gasteiger charge is 2.50. The Bertz CT molecular complexity index is 2340. The highest BCUT2D eigenvalue weighted by Crippen LogP contribution is 2.49. The smallest absolute Gasteiger partial charge is 0.342 e. The number of rotatable bonds is 10. The molecule has 7 heterocycles. The van der Waals surface area contributed by atoms with Crippen LogP contribution in [0.1, 0.15) is 93.8 Å². The number of imide groups is 1. The predicted molar refractivity (Wildman–Crippen MR) is 246 cm³/mol. The zero-order valence-corrected chi connectivity index (χ0v) is 38.0. The number of nitrogens with zero attached hydrogens (tertiary/aromatic N) is 8. The van der Waals surface area contributed by atoms with Gasteiger partial charge in [0.05, 0.1) is 42.8 Å².